The SMILES string of the molecule is Cc1cc(S(=O)(=O)NCC(=O)OCc2ccccc2)c(C)cc1Cl. The van der Waals surface area contributed by atoms with Crippen LogP contribution >= 0.6 is 11.6 Å². The maximum absolute atomic E-state index is 12.3. The summed E-state index contributed by atoms with van der Waals surface area (Å²) in [6.07, 6.45) is 0. The highest BCUT2D eigenvalue weighted by atomic mass is 35.5. The minimum atomic E-state index is -3.82. The summed E-state index contributed by atoms with van der Waals surface area (Å²) in [7, 11) is -3.82. The van der Waals surface area contributed by atoms with E-state index in [0.717, 1.165) is 5.56 Å². The molecule has 0 amide bonds. The van der Waals surface area contributed by atoms with E-state index in [0.29, 0.717) is 16.1 Å². The van der Waals surface area contributed by atoms with Crippen molar-refractivity contribution in [2.24, 2.45) is 0 Å². The van der Waals surface area contributed by atoms with Gasteiger partial charge in [0.15, 0.2) is 0 Å². The summed E-state index contributed by atoms with van der Waals surface area (Å²) in [5.41, 5.74) is 1.99. The van der Waals surface area contributed by atoms with Gasteiger partial charge in [-0.05, 0) is 42.7 Å². The summed E-state index contributed by atoms with van der Waals surface area (Å²) in [6, 6.07) is 12.2. The molecule has 0 aliphatic heterocycles. The van der Waals surface area contributed by atoms with Gasteiger partial charge in [-0.3, -0.25) is 4.79 Å². The standard InChI is InChI=1S/C17H18ClNO4S/c1-12-9-16(13(2)8-15(12)18)24(21,22)19-10-17(20)23-11-14-6-4-3-5-7-14/h3-9,19H,10-11H2,1-2H3. The number of hydrogen-bond acceptors (Lipinski definition) is 4. The average molecular weight is 368 g/mol. The second kappa shape index (κ2) is 7.79. The van der Waals surface area contributed by atoms with Crippen LogP contribution in [0.4, 0.5) is 0 Å². The zero-order chi connectivity index (χ0) is 17.7. The molecular formula is C17H18ClNO4S. The van der Waals surface area contributed by atoms with E-state index in [4.69, 9.17) is 16.3 Å². The van der Waals surface area contributed by atoms with Crippen LogP contribution in [0.15, 0.2) is 47.4 Å². The third-order valence-corrected chi connectivity index (χ3v) is 5.35. The number of nitrogens with one attached hydrogen (secondary N) is 1. The third-order valence-electron chi connectivity index (χ3n) is 3.39. The lowest BCUT2D eigenvalue weighted by Crippen LogP contribution is -2.31. The number of halogens is 1. The van der Waals surface area contributed by atoms with Crippen molar-refractivity contribution in [1.29, 1.82) is 0 Å². The van der Waals surface area contributed by atoms with Gasteiger partial charge in [-0.25, -0.2) is 8.42 Å². The van der Waals surface area contributed by atoms with Crippen molar-refractivity contribution in [2.75, 3.05) is 6.54 Å². The predicted octanol–water partition coefficient (Wildman–Crippen LogP) is 2.98. The number of aryl methyl sites for hydroxylation is 2. The number of esters is 1. The third kappa shape index (κ3) is 4.80. The summed E-state index contributed by atoms with van der Waals surface area (Å²) in [5, 5.41) is 0.494. The first-order valence-electron chi connectivity index (χ1n) is 7.25. The fraction of sp³-hybridized carbons (Fsp3) is 0.235. The van der Waals surface area contributed by atoms with Gasteiger partial charge in [0.05, 0.1) is 4.90 Å². The summed E-state index contributed by atoms with van der Waals surface area (Å²) in [6.45, 7) is 3.03. The van der Waals surface area contributed by atoms with Crippen molar-refractivity contribution in [1.82, 2.24) is 4.72 Å². The van der Waals surface area contributed by atoms with Crippen molar-refractivity contribution in [3.05, 3.63) is 64.2 Å². The van der Waals surface area contributed by atoms with Crippen molar-refractivity contribution >= 4 is 27.6 Å². The van der Waals surface area contributed by atoms with E-state index in [2.05, 4.69) is 4.72 Å². The van der Waals surface area contributed by atoms with E-state index in [1.54, 1.807) is 19.9 Å². The van der Waals surface area contributed by atoms with E-state index in [1.165, 1.54) is 6.07 Å². The molecule has 2 aromatic carbocycles. The summed E-state index contributed by atoms with van der Waals surface area (Å²) in [4.78, 5) is 11.8. The van der Waals surface area contributed by atoms with Gasteiger partial charge in [-0.1, -0.05) is 41.9 Å². The Kier molecular flexibility index (Phi) is 5.99. The van der Waals surface area contributed by atoms with E-state index < -0.39 is 22.5 Å². The number of carbonyl (C=O) groups is 1. The Balaban J connectivity index is 1.97. The van der Waals surface area contributed by atoms with Crippen LogP contribution in [0.5, 0.6) is 0 Å². The van der Waals surface area contributed by atoms with Gasteiger partial charge in [-0.2, -0.15) is 4.72 Å². The van der Waals surface area contributed by atoms with Gasteiger partial charge in [0.25, 0.3) is 0 Å². The molecule has 0 bridgehead atoms. The average Bonchev–Trinajstić information content (AvgIpc) is 2.55. The first kappa shape index (κ1) is 18.4. The van der Waals surface area contributed by atoms with Crippen LogP contribution in [-0.4, -0.2) is 20.9 Å². The fourth-order valence-electron chi connectivity index (χ4n) is 2.06. The van der Waals surface area contributed by atoms with Crippen LogP contribution in [0.2, 0.25) is 5.02 Å². The van der Waals surface area contributed by atoms with Gasteiger partial charge < -0.3 is 4.74 Å². The first-order chi connectivity index (χ1) is 11.3. The highest BCUT2D eigenvalue weighted by Gasteiger charge is 2.19. The normalized spacial score (nSPS) is 11.3. The van der Waals surface area contributed by atoms with Gasteiger partial charge in [-0.15, -0.1) is 0 Å². The van der Waals surface area contributed by atoms with Crippen LogP contribution in [0.1, 0.15) is 16.7 Å². The molecule has 0 heterocycles. The maximum atomic E-state index is 12.3. The van der Waals surface area contributed by atoms with Gasteiger partial charge in [0.2, 0.25) is 10.0 Å². The van der Waals surface area contributed by atoms with E-state index in [1.807, 2.05) is 30.3 Å². The Labute approximate surface area is 146 Å². The van der Waals surface area contributed by atoms with E-state index in [9.17, 15) is 13.2 Å². The Bertz CT molecular complexity index is 835. The molecule has 2 rings (SSSR count). The Hall–Kier alpha value is -1.89. The molecule has 0 saturated carbocycles. The van der Waals surface area contributed by atoms with Crippen molar-refractivity contribution in [2.45, 2.75) is 25.3 Å². The molecule has 0 aliphatic carbocycles. The second-order valence-corrected chi connectivity index (χ2v) is 7.48. The monoisotopic (exact) mass is 367 g/mol. The van der Waals surface area contributed by atoms with Crippen LogP contribution < -0.4 is 4.72 Å². The molecule has 0 spiro atoms. The lowest BCUT2D eigenvalue weighted by molar-refractivity contribution is -0.143. The van der Waals surface area contributed by atoms with E-state index >= 15 is 0 Å². The molecule has 7 heteroatoms. The Morgan fingerprint density at radius 1 is 1.12 bits per heavy atom. The van der Waals surface area contributed by atoms with Gasteiger partial charge in [0, 0.05) is 5.02 Å². The molecule has 0 fully saturated rings. The molecule has 0 aromatic heterocycles. The first-order valence-corrected chi connectivity index (χ1v) is 9.11. The molecule has 24 heavy (non-hydrogen) atoms. The van der Waals surface area contributed by atoms with Crippen LogP contribution in [-0.2, 0) is 26.2 Å². The number of hydrogen-bond donors (Lipinski definition) is 1. The molecule has 5 nitrogen and oxygen atoms in total. The quantitative estimate of drug-likeness (QED) is 0.796. The topological polar surface area (TPSA) is 72.5 Å². The molecule has 2 aromatic rings. The predicted molar refractivity (Wildman–Crippen MR) is 92.4 cm³/mol. The smallest absolute Gasteiger partial charge is 0.321 e. The zero-order valence-corrected chi connectivity index (χ0v) is 14.9. The summed E-state index contributed by atoms with van der Waals surface area (Å²) in [5.74, 6) is -0.647. The lowest BCUT2D eigenvalue weighted by Gasteiger charge is -2.11. The molecular weight excluding hydrogens is 350 g/mol. The van der Waals surface area contributed by atoms with Crippen LogP contribution in [0.25, 0.3) is 0 Å². The molecule has 0 saturated heterocycles. The number of rotatable bonds is 6. The molecule has 0 radical (unpaired) electrons. The highest BCUT2D eigenvalue weighted by molar-refractivity contribution is 7.89. The Morgan fingerprint density at radius 2 is 1.79 bits per heavy atom. The number of benzene rings is 2. The lowest BCUT2D eigenvalue weighted by atomic mass is 10.2. The number of sulfonamides is 1. The molecule has 1 N–H and O–H groups in total. The molecule has 0 aliphatic rings. The minimum absolute atomic E-state index is 0.0975. The van der Waals surface area contributed by atoms with E-state index in [-0.39, 0.29) is 11.5 Å². The van der Waals surface area contributed by atoms with Crippen molar-refractivity contribution in [3.8, 4) is 0 Å². The van der Waals surface area contributed by atoms with Crippen LogP contribution in [0.3, 0.4) is 0 Å². The molecule has 0 atom stereocenters. The summed E-state index contributed by atoms with van der Waals surface area (Å²) >= 11 is 5.97. The zero-order valence-electron chi connectivity index (χ0n) is 13.4. The van der Waals surface area contributed by atoms with Crippen molar-refractivity contribution < 1.29 is 17.9 Å². The number of ether oxygens (including phenoxy) is 1. The molecule has 0 unspecified atom stereocenters. The van der Waals surface area contributed by atoms with Gasteiger partial charge >= 0.3 is 5.97 Å². The summed E-state index contributed by atoms with van der Waals surface area (Å²) < 4.78 is 32.0. The fourth-order valence-corrected chi connectivity index (χ4v) is 3.56. The number of carbonyl (C=O) groups excluding carboxylic acids is 1. The largest absolute Gasteiger partial charge is 0.460 e. The maximum Gasteiger partial charge on any atom is 0.321 e. The highest BCUT2D eigenvalue weighted by Crippen LogP contribution is 2.23. The van der Waals surface area contributed by atoms with Crippen LogP contribution in [0, 0.1) is 13.8 Å². The second-order valence-electron chi connectivity index (χ2n) is 5.34. The van der Waals surface area contributed by atoms with Crippen molar-refractivity contribution in [3.63, 3.8) is 0 Å². The minimum Gasteiger partial charge on any atom is -0.460 e. The van der Waals surface area contributed by atoms with Gasteiger partial charge in [0.1, 0.15) is 13.2 Å². The molecule has 128 valence electrons. The Morgan fingerprint density at radius 3 is 2.46 bits per heavy atom.